The number of nitrogens with zero attached hydrogens (tertiary/aromatic N) is 2. The molecule has 0 bridgehead atoms. The summed E-state index contributed by atoms with van der Waals surface area (Å²) >= 11 is 0. The molecule has 0 saturated carbocycles. The summed E-state index contributed by atoms with van der Waals surface area (Å²) in [5.41, 5.74) is 6.45. The molecule has 0 aliphatic carbocycles. The fraction of sp³-hybridized carbons (Fsp3) is 0.643. The van der Waals surface area contributed by atoms with Crippen LogP contribution in [0, 0.1) is 5.92 Å². The van der Waals surface area contributed by atoms with E-state index >= 15 is 0 Å². The highest BCUT2D eigenvalue weighted by atomic mass is 16.5. The van der Waals surface area contributed by atoms with Crippen LogP contribution < -0.4 is 5.73 Å². The largest absolute Gasteiger partial charge is 0.383 e. The van der Waals surface area contributed by atoms with Crippen LogP contribution in [0.1, 0.15) is 23.8 Å². The number of ether oxygens (including phenoxy) is 1. The molecule has 5 heteroatoms. The minimum atomic E-state index is 0.101. The Morgan fingerprint density at radius 1 is 1.58 bits per heavy atom. The summed E-state index contributed by atoms with van der Waals surface area (Å²) in [6.07, 6.45) is 2.93. The predicted octanol–water partition coefficient (Wildman–Crippen LogP) is 0.944. The molecule has 1 aromatic heterocycles. The van der Waals surface area contributed by atoms with Gasteiger partial charge >= 0.3 is 0 Å². The molecule has 1 aromatic rings. The van der Waals surface area contributed by atoms with Gasteiger partial charge in [0.2, 0.25) is 0 Å². The van der Waals surface area contributed by atoms with E-state index in [1.165, 1.54) is 0 Å². The van der Waals surface area contributed by atoms with Crippen LogP contribution in [0.5, 0.6) is 0 Å². The van der Waals surface area contributed by atoms with Crippen LogP contribution in [0.3, 0.4) is 0 Å². The Balaban J connectivity index is 2.09. The molecular weight excluding hydrogens is 242 g/mol. The first kappa shape index (κ1) is 14.1. The van der Waals surface area contributed by atoms with Gasteiger partial charge in [-0.1, -0.05) is 0 Å². The van der Waals surface area contributed by atoms with Crippen molar-refractivity contribution in [3.63, 3.8) is 0 Å². The van der Waals surface area contributed by atoms with Crippen LogP contribution in [0.4, 0.5) is 0 Å². The summed E-state index contributed by atoms with van der Waals surface area (Å²) in [6.45, 7) is 4.82. The lowest BCUT2D eigenvalue weighted by Gasteiger charge is -2.22. The van der Waals surface area contributed by atoms with Gasteiger partial charge in [-0.05, 0) is 37.9 Å². The predicted molar refractivity (Wildman–Crippen MR) is 74.0 cm³/mol. The van der Waals surface area contributed by atoms with Gasteiger partial charge in [0.15, 0.2) is 0 Å². The lowest BCUT2D eigenvalue weighted by atomic mass is 10.1. The topological polar surface area (TPSA) is 60.5 Å². The van der Waals surface area contributed by atoms with Gasteiger partial charge in [0.05, 0.1) is 6.61 Å². The molecule has 19 heavy (non-hydrogen) atoms. The summed E-state index contributed by atoms with van der Waals surface area (Å²) in [6, 6.07) is 4.05. The Morgan fingerprint density at radius 3 is 3.00 bits per heavy atom. The first-order valence-electron chi connectivity index (χ1n) is 6.82. The van der Waals surface area contributed by atoms with E-state index in [4.69, 9.17) is 10.5 Å². The van der Waals surface area contributed by atoms with Crippen molar-refractivity contribution in [3.8, 4) is 0 Å². The van der Waals surface area contributed by atoms with Crippen molar-refractivity contribution in [3.05, 3.63) is 24.0 Å². The van der Waals surface area contributed by atoms with Crippen molar-refractivity contribution in [2.24, 2.45) is 11.7 Å². The molecule has 1 aliphatic heterocycles. The van der Waals surface area contributed by atoms with E-state index in [0.29, 0.717) is 25.6 Å². The number of hydrogen-bond acceptors (Lipinski definition) is 3. The number of methoxy groups -OCH3 is 1. The molecule has 2 heterocycles. The first-order chi connectivity index (χ1) is 9.17. The Bertz CT molecular complexity index is 430. The molecule has 2 unspecified atom stereocenters. The van der Waals surface area contributed by atoms with Crippen LogP contribution in [0.15, 0.2) is 18.3 Å². The molecule has 1 amide bonds. The molecule has 2 rings (SSSR count). The highest BCUT2D eigenvalue weighted by molar-refractivity contribution is 5.93. The summed E-state index contributed by atoms with van der Waals surface area (Å²) in [5.74, 6) is 0.533. The average Bonchev–Trinajstić information content (AvgIpc) is 3.01. The van der Waals surface area contributed by atoms with Crippen LogP contribution in [-0.4, -0.2) is 48.2 Å². The number of amides is 1. The lowest BCUT2D eigenvalue weighted by Crippen LogP contribution is -2.35. The zero-order valence-electron chi connectivity index (χ0n) is 11.7. The first-order valence-corrected chi connectivity index (χ1v) is 6.82. The minimum Gasteiger partial charge on any atom is -0.383 e. The quantitative estimate of drug-likeness (QED) is 0.862. The molecule has 0 spiro atoms. The molecule has 1 saturated heterocycles. The van der Waals surface area contributed by atoms with E-state index in [1.807, 2.05) is 27.8 Å². The van der Waals surface area contributed by atoms with Gasteiger partial charge in [0.1, 0.15) is 5.69 Å². The maximum absolute atomic E-state index is 12.6. The molecule has 1 fully saturated rings. The second-order valence-corrected chi connectivity index (χ2v) is 5.22. The molecule has 2 atom stereocenters. The normalized spacial score (nSPS) is 23.0. The third-order valence-electron chi connectivity index (χ3n) is 3.84. The standard InChI is InChI=1S/C14H23N3O2/c1-11-8-12(9-15)10-17(11)14(18)13-4-3-5-16(13)6-7-19-2/h3-5,11-12H,6-10,15H2,1-2H3. The smallest absolute Gasteiger partial charge is 0.270 e. The fourth-order valence-electron chi connectivity index (χ4n) is 2.74. The molecule has 5 nitrogen and oxygen atoms in total. The van der Waals surface area contributed by atoms with Crippen molar-refractivity contribution < 1.29 is 9.53 Å². The van der Waals surface area contributed by atoms with Gasteiger partial charge in [0.25, 0.3) is 5.91 Å². The van der Waals surface area contributed by atoms with Gasteiger partial charge in [-0.15, -0.1) is 0 Å². The molecule has 0 radical (unpaired) electrons. The number of rotatable bonds is 5. The van der Waals surface area contributed by atoms with Crippen LogP contribution in [0.25, 0.3) is 0 Å². The van der Waals surface area contributed by atoms with Crippen molar-refractivity contribution in [1.29, 1.82) is 0 Å². The van der Waals surface area contributed by atoms with Crippen molar-refractivity contribution >= 4 is 5.91 Å². The second kappa shape index (κ2) is 6.21. The molecule has 1 aliphatic rings. The molecule has 106 valence electrons. The van der Waals surface area contributed by atoms with Crippen molar-refractivity contribution in [2.75, 3.05) is 26.8 Å². The van der Waals surface area contributed by atoms with Gasteiger partial charge in [-0.2, -0.15) is 0 Å². The maximum atomic E-state index is 12.6. The van der Waals surface area contributed by atoms with Gasteiger partial charge in [-0.3, -0.25) is 4.79 Å². The molecule has 0 aromatic carbocycles. The SMILES string of the molecule is COCCn1cccc1C(=O)N1CC(CN)CC1C. The summed E-state index contributed by atoms with van der Waals surface area (Å²) in [5, 5.41) is 0. The van der Waals surface area contributed by atoms with E-state index in [0.717, 1.165) is 18.7 Å². The molecule has 2 N–H and O–H groups in total. The monoisotopic (exact) mass is 265 g/mol. The second-order valence-electron chi connectivity index (χ2n) is 5.22. The van der Waals surface area contributed by atoms with Crippen LogP contribution in [-0.2, 0) is 11.3 Å². The van der Waals surface area contributed by atoms with Gasteiger partial charge in [-0.25, -0.2) is 0 Å². The van der Waals surface area contributed by atoms with E-state index < -0.39 is 0 Å². The van der Waals surface area contributed by atoms with Crippen molar-refractivity contribution in [1.82, 2.24) is 9.47 Å². The fourth-order valence-corrected chi connectivity index (χ4v) is 2.74. The Kier molecular flexibility index (Phi) is 4.61. The summed E-state index contributed by atoms with van der Waals surface area (Å²) in [4.78, 5) is 14.5. The minimum absolute atomic E-state index is 0.101. The Labute approximate surface area is 114 Å². The highest BCUT2D eigenvalue weighted by Gasteiger charge is 2.32. The van der Waals surface area contributed by atoms with E-state index in [-0.39, 0.29) is 11.9 Å². The average molecular weight is 265 g/mol. The number of aromatic nitrogens is 1. The number of carbonyl (C=O) groups excluding carboxylic acids is 1. The van der Waals surface area contributed by atoms with E-state index in [1.54, 1.807) is 7.11 Å². The maximum Gasteiger partial charge on any atom is 0.270 e. The lowest BCUT2D eigenvalue weighted by molar-refractivity contribution is 0.0730. The summed E-state index contributed by atoms with van der Waals surface area (Å²) < 4.78 is 7.02. The highest BCUT2D eigenvalue weighted by Crippen LogP contribution is 2.24. The Morgan fingerprint density at radius 2 is 2.37 bits per heavy atom. The van der Waals surface area contributed by atoms with Gasteiger partial charge in [0, 0.05) is 32.4 Å². The van der Waals surface area contributed by atoms with Crippen molar-refractivity contribution in [2.45, 2.75) is 25.9 Å². The van der Waals surface area contributed by atoms with E-state index in [2.05, 4.69) is 6.92 Å². The number of carbonyl (C=O) groups is 1. The molecular formula is C14H23N3O2. The number of hydrogen-bond donors (Lipinski definition) is 1. The third-order valence-corrected chi connectivity index (χ3v) is 3.84. The number of nitrogens with two attached hydrogens (primary N) is 1. The number of likely N-dealkylation sites (tertiary alicyclic amines) is 1. The zero-order valence-corrected chi connectivity index (χ0v) is 11.7. The Hall–Kier alpha value is -1.33. The zero-order chi connectivity index (χ0) is 13.8. The third kappa shape index (κ3) is 2.98. The van der Waals surface area contributed by atoms with Gasteiger partial charge < -0.3 is 19.9 Å². The van der Waals surface area contributed by atoms with E-state index in [9.17, 15) is 4.79 Å². The summed E-state index contributed by atoms with van der Waals surface area (Å²) in [7, 11) is 1.67. The van der Waals surface area contributed by atoms with Crippen LogP contribution in [0.2, 0.25) is 0 Å². The van der Waals surface area contributed by atoms with Crippen LogP contribution >= 0.6 is 0 Å².